The summed E-state index contributed by atoms with van der Waals surface area (Å²) in [6, 6.07) is 18.5. The lowest BCUT2D eigenvalue weighted by Gasteiger charge is -2.29. The Morgan fingerprint density at radius 2 is 1.66 bits per heavy atom. The lowest BCUT2D eigenvalue weighted by molar-refractivity contribution is -0.131. The van der Waals surface area contributed by atoms with Crippen LogP contribution in [-0.4, -0.2) is 103 Å². The van der Waals surface area contributed by atoms with E-state index in [1.54, 1.807) is 36.3 Å². The smallest absolute Gasteiger partial charge is 0.254 e. The van der Waals surface area contributed by atoms with E-state index in [1.165, 1.54) is 0 Å². The topological polar surface area (TPSA) is 82.1 Å². The maximum atomic E-state index is 13.5. The van der Waals surface area contributed by atoms with Gasteiger partial charge >= 0.3 is 0 Å². The van der Waals surface area contributed by atoms with Crippen LogP contribution in [0.3, 0.4) is 0 Å². The number of methoxy groups -OCH3 is 1. The molecule has 1 fully saturated rings. The molecular formula is C31H39ClN6O3. The van der Waals surface area contributed by atoms with Crippen molar-refractivity contribution in [3.05, 3.63) is 71.2 Å². The van der Waals surface area contributed by atoms with Crippen molar-refractivity contribution in [2.75, 3.05) is 70.9 Å². The van der Waals surface area contributed by atoms with E-state index in [-0.39, 0.29) is 18.4 Å². The fourth-order valence-electron chi connectivity index (χ4n) is 4.94. The minimum absolute atomic E-state index is 0.0401. The van der Waals surface area contributed by atoms with Crippen LogP contribution in [0.2, 0.25) is 5.02 Å². The summed E-state index contributed by atoms with van der Waals surface area (Å²) in [7, 11) is 1.59. The molecule has 3 aromatic rings. The van der Waals surface area contributed by atoms with Gasteiger partial charge in [-0.15, -0.1) is 10.2 Å². The van der Waals surface area contributed by atoms with Crippen LogP contribution in [0, 0.1) is 0 Å². The lowest BCUT2D eigenvalue weighted by Crippen LogP contribution is -2.46. The Morgan fingerprint density at radius 3 is 2.32 bits per heavy atom. The van der Waals surface area contributed by atoms with Crippen molar-refractivity contribution in [3.63, 3.8) is 0 Å². The van der Waals surface area contributed by atoms with E-state index in [1.807, 2.05) is 41.3 Å². The summed E-state index contributed by atoms with van der Waals surface area (Å²) < 4.78 is 5.23. The number of ether oxygens (including phenoxy) is 1. The number of benzene rings is 2. The highest BCUT2D eigenvalue weighted by atomic mass is 35.5. The molecule has 41 heavy (non-hydrogen) atoms. The molecule has 9 nitrogen and oxygen atoms in total. The molecule has 0 saturated carbocycles. The lowest BCUT2D eigenvalue weighted by atomic mass is 10.1. The van der Waals surface area contributed by atoms with Crippen molar-refractivity contribution in [1.82, 2.24) is 24.9 Å². The van der Waals surface area contributed by atoms with Crippen LogP contribution in [0.5, 0.6) is 5.75 Å². The summed E-state index contributed by atoms with van der Waals surface area (Å²) >= 11 is 6.32. The van der Waals surface area contributed by atoms with Gasteiger partial charge in [-0.1, -0.05) is 43.6 Å². The van der Waals surface area contributed by atoms with E-state index in [2.05, 4.69) is 33.8 Å². The highest BCUT2D eigenvalue weighted by Crippen LogP contribution is 2.26. The Labute approximate surface area is 247 Å². The van der Waals surface area contributed by atoms with E-state index in [9.17, 15) is 9.59 Å². The van der Waals surface area contributed by atoms with E-state index in [4.69, 9.17) is 16.3 Å². The number of amides is 2. The molecule has 4 rings (SSSR count). The molecule has 0 aliphatic carbocycles. The Bertz CT molecular complexity index is 1280. The van der Waals surface area contributed by atoms with Gasteiger partial charge in [-0.25, -0.2) is 0 Å². The molecule has 0 radical (unpaired) electrons. The highest BCUT2D eigenvalue weighted by molar-refractivity contribution is 6.33. The van der Waals surface area contributed by atoms with Crippen LogP contribution >= 0.6 is 11.6 Å². The van der Waals surface area contributed by atoms with Gasteiger partial charge in [-0.2, -0.15) is 0 Å². The first kappa shape index (κ1) is 30.3. The largest absolute Gasteiger partial charge is 0.497 e. The Hall–Kier alpha value is -3.69. The summed E-state index contributed by atoms with van der Waals surface area (Å²) in [6.07, 6.45) is 0.797. The first-order chi connectivity index (χ1) is 19.9. The Balaban J connectivity index is 1.40. The molecule has 2 aromatic carbocycles. The number of anilines is 1. The van der Waals surface area contributed by atoms with Crippen LogP contribution in [0.1, 0.15) is 30.6 Å². The summed E-state index contributed by atoms with van der Waals surface area (Å²) in [5, 5.41) is 9.49. The minimum Gasteiger partial charge on any atom is -0.497 e. The normalized spacial score (nSPS) is 13.7. The fraction of sp³-hybridized carbons (Fsp3) is 0.419. The first-order valence-electron chi connectivity index (χ1n) is 14.2. The zero-order valence-corrected chi connectivity index (χ0v) is 24.9. The third-order valence-corrected chi connectivity index (χ3v) is 7.83. The number of aromatic nitrogens is 2. The predicted octanol–water partition coefficient (Wildman–Crippen LogP) is 4.33. The SMILES string of the molecule is CCN(CC)CCN(CC(=O)N1CCCN(c2ccc(-c3ccccc3Cl)nn2)CC1)C(=O)c1ccc(OC)cc1. The maximum absolute atomic E-state index is 13.5. The van der Waals surface area contributed by atoms with E-state index in [0.717, 1.165) is 43.1 Å². The number of likely N-dealkylation sites (N-methyl/N-ethyl adjacent to an activating group) is 1. The molecule has 1 aliphatic heterocycles. The van der Waals surface area contributed by atoms with Crippen LogP contribution in [0.4, 0.5) is 5.82 Å². The van der Waals surface area contributed by atoms with Gasteiger partial charge in [0.15, 0.2) is 5.82 Å². The molecule has 0 N–H and O–H groups in total. The minimum atomic E-state index is -0.154. The van der Waals surface area contributed by atoms with Crippen LogP contribution in [-0.2, 0) is 4.79 Å². The maximum Gasteiger partial charge on any atom is 0.254 e. The highest BCUT2D eigenvalue weighted by Gasteiger charge is 2.25. The molecule has 0 bridgehead atoms. The van der Waals surface area contributed by atoms with Gasteiger partial charge in [-0.05, 0) is 62.0 Å². The average molecular weight is 579 g/mol. The number of rotatable bonds is 11. The van der Waals surface area contributed by atoms with Gasteiger partial charge in [0.05, 0.1) is 17.8 Å². The van der Waals surface area contributed by atoms with Gasteiger partial charge in [0, 0.05) is 50.4 Å². The van der Waals surface area contributed by atoms with Crippen LogP contribution < -0.4 is 9.64 Å². The summed E-state index contributed by atoms with van der Waals surface area (Å²) in [4.78, 5) is 34.9. The average Bonchev–Trinajstić information content (AvgIpc) is 3.27. The fourth-order valence-corrected chi connectivity index (χ4v) is 5.17. The molecule has 2 heterocycles. The quantitative estimate of drug-likeness (QED) is 0.335. The number of halogens is 1. The molecule has 1 aromatic heterocycles. The standard InChI is InChI=1S/C31H39ClN6O3/c1-4-35(5-2)19-20-38(31(40)24-11-13-25(41-3)14-12-24)23-30(39)37-18-8-17-36(21-22-37)29-16-15-28(33-34-29)26-9-6-7-10-27(26)32/h6-7,9-16H,4-5,8,17-23H2,1-3H3. The van der Waals surface area contributed by atoms with Gasteiger partial charge in [0.1, 0.15) is 12.3 Å². The van der Waals surface area contributed by atoms with Crippen LogP contribution in [0.15, 0.2) is 60.7 Å². The van der Waals surface area contributed by atoms with Crippen molar-refractivity contribution < 1.29 is 14.3 Å². The number of carbonyl (C=O) groups is 2. The van der Waals surface area contributed by atoms with E-state index >= 15 is 0 Å². The molecule has 1 saturated heterocycles. The van der Waals surface area contributed by atoms with E-state index < -0.39 is 0 Å². The third kappa shape index (κ3) is 7.95. The zero-order valence-electron chi connectivity index (χ0n) is 24.1. The zero-order chi connectivity index (χ0) is 29.2. The number of hydrogen-bond donors (Lipinski definition) is 0. The molecule has 0 spiro atoms. The monoisotopic (exact) mass is 578 g/mol. The van der Waals surface area contributed by atoms with Crippen molar-refractivity contribution >= 4 is 29.2 Å². The molecule has 2 amide bonds. The molecule has 0 unspecified atom stereocenters. The Kier molecular flexibility index (Phi) is 10.9. The summed E-state index contributed by atoms with van der Waals surface area (Å²) in [5.41, 5.74) is 2.10. The second-order valence-electron chi connectivity index (χ2n) is 9.96. The van der Waals surface area contributed by atoms with Crippen molar-refractivity contribution in [3.8, 4) is 17.0 Å². The van der Waals surface area contributed by atoms with E-state index in [0.29, 0.717) is 49.1 Å². The van der Waals surface area contributed by atoms with Gasteiger partial charge in [0.25, 0.3) is 5.91 Å². The first-order valence-corrected chi connectivity index (χ1v) is 14.6. The molecular weight excluding hydrogens is 540 g/mol. The number of hydrogen-bond acceptors (Lipinski definition) is 7. The van der Waals surface area contributed by atoms with Crippen LogP contribution in [0.25, 0.3) is 11.3 Å². The van der Waals surface area contributed by atoms with Crippen molar-refractivity contribution in [1.29, 1.82) is 0 Å². The third-order valence-electron chi connectivity index (χ3n) is 7.50. The predicted molar refractivity (Wildman–Crippen MR) is 163 cm³/mol. The molecule has 1 aliphatic rings. The van der Waals surface area contributed by atoms with Crippen molar-refractivity contribution in [2.24, 2.45) is 0 Å². The van der Waals surface area contributed by atoms with Gasteiger partial charge in [-0.3, -0.25) is 9.59 Å². The summed E-state index contributed by atoms with van der Waals surface area (Å²) in [5.74, 6) is 1.25. The second-order valence-corrected chi connectivity index (χ2v) is 10.4. The second kappa shape index (κ2) is 14.8. The number of carbonyl (C=O) groups excluding carboxylic acids is 2. The molecule has 218 valence electrons. The molecule has 0 atom stereocenters. The van der Waals surface area contributed by atoms with Crippen molar-refractivity contribution in [2.45, 2.75) is 20.3 Å². The van der Waals surface area contributed by atoms with Gasteiger partial charge < -0.3 is 24.3 Å². The molecule has 10 heteroatoms. The number of nitrogens with zero attached hydrogens (tertiary/aromatic N) is 6. The van der Waals surface area contributed by atoms with Gasteiger partial charge in [0.2, 0.25) is 5.91 Å². The Morgan fingerprint density at radius 1 is 0.902 bits per heavy atom. The summed E-state index contributed by atoms with van der Waals surface area (Å²) in [6.45, 7) is 9.78.